The summed E-state index contributed by atoms with van der Waals surface area (Å²) in [6.07, 6.45) is 2.54. The number of hydrogen-bond acceptors (Lipinski definition) is 7. The van der Waals surface area contributed by atoms with E-state index in [-0.39, 0.29) is 30.9 Å². The van der Waals surface area contributed by atoms with Crippen molar-refractivity contribution in [1.29, 1.82) is 0 Å². The molecule has 5 aliphatic heterocycles. The maximum Gasteiger partial charge on any atom is 0.272 e. The molecule has 0 spiro atoms. The van der Waals surface area contributed by atoms with E-state index in [2.05, 4.69) is 15.6 Å². The van der Waals surface area contributed by atoms with Crippen LogP contribution in [0.2, 0.25) is 0 Å². The lowest BCUT2D eigenvalue weighted by Crippen LogP contribution is -2.58. The first-order valence-corrected chi connectivity index (χ1v) is 15.4. The number of rotatable bonds is 3. The van der Waals surface area contributed by atoms with Gasteiger partial charge in [-0.1, -0.05) is 48.5 Å². The molecule has 2 N–H and O–H groups in total. The van der Waals surface area contributed by atoms with Gasteiger partial charge in [0.15, 0.2) is 18.1 Å². The fraction of sp³-hybridized carbons (Fsp3) is 0.314. The highest BCUT2D eigenvalue weighted by Crippen LogP contribution is 2.29. The van der Waals surface area contributed by atoms with Gasteiger partial charge in [0.05, 0.1) is 19.3 Å². The summed E-state index contributed by atoms with van der Waals surface area (Å²) < 4.78 is 19.5. The zero-order valence-electron chi connectivity index (χ0n) is 25.9. The molecule has 3 aromatic carbocycles. The van der Waals surface area contributed by atoms with Crippen molar-refractivity contribution in [2.24, 2.45) is 7.05 Å². The van der Waals surface area contributed by atoms with Crippen molar-refractivity contribution in [3.05, 3.63) is 95.8 Å². The summed E-state index contributed by atoms with van der Waals surface area (Å²) in [4.78, 5) is 45.8. The van der Waals surface area contributed by atoms with Gasteiger partial charge < -0.3 is 34.3 Å². The van der Waals surface area contributed by atoms with Crippen molar-refractivity contribution in [3.63, 3.8) is 0 Å². The molecule has 1 aromatic heterocycles. The summed E-state index contributed by atoms with van der Waals surface area (Å²) >= 11 is 0. The molecule has 1 fully saturated rings. The first-order valence-electron chi connectivity index (χ1n) is 15.4. The molecule has 0 saturated carbocycles. The van der Waals surface area contributed by atoms with Gasteiger partial charge in [-0.15, -0.1) is 0 Å². The lowest BCUT2D eigenvalue weighted by Gasteiger charge is -2.38. The van der Waals surface area contributed by atoms with Crippen LogP contribution in [0.25, 0.3) is 11.4 Å². The molecule has 0 radical (unpaired) electrons. The minimum Gasteiger partial charge on any atom is -0.493 e. The van der Waals surface area contributed by atoms with Crippen molar-refractivity contribution in [2.45, 2.75) is 38.0 Å². The van der Waals surface area contributed by atoms with E-state index < -0.39 is 12.1 Å². The van der Waals surface area contributed by atoms with E-state index in [4.69, 9.17) is 14.2 Å². The number of carbonyl (C=O) groups is 3. The molecule has 0 unspecified atom stereocenters. The Hall–Kier alpha value is -5.32. The molecular weight excluding hydrogens is 586 g/mol. The van der Waals surface area contributed by atoms with Gasteiger partial charge in [-0.3, -0.25) is 14.4 Å². The van der Waals surface area contributed by atoms with Crippen molar-refractivity contribution in [3.8, 4) is 28.6 Å². The monoisotopic (exact) mass is 623 g/mol. The van der Waals surface area contributed by atoms with Gasteiger partial charge in [-0.25, -0.2) is 4.98 Å². The van der Waals surface area contributed by atoms with Crippen molar-refractivity contribution >= 4 is 17.7 Å². The van der Waals surface area contributed by atoms with Crippen LogP contribution >= 0.6 is 0 Å². The van der Waals surface area contributed by atoms with E-state index in [1.54, 1.807) is 21.7 Å². The van der Waals surface area contributed by atoms with Crippen molar-refractivity contribution < 1.29 is 28.6 Å². The van der Waals surface area contributed by atoms with E-state index in [0.717, 1.165) is 16.7 Å². The molecule has 9 rings (SSSR count). The number of amides is 3. The normalized spacial score (nSPS) is 18.9. The summed E-state index contributed by atoms with van der Waals surface area (Å²) in [5.41, 5.74) is 3.23. The van der Waals surface area contributed by atoms with E-state index >= 15 is 0 Å². The third kappa shape index (κ3) is 6.98. The van der Waals surface area contributed by atoms with E-state index in [1.807, 2.05) is 73.8 Å². The van der Waals surface area contributed by atoms with Crippen LogP contribution in [0.3, 0.4) is 0 Å². The smallest absolute Gasteiger partial charge is 0.272 e. The molecule has 0 aliphatic carbocycles. The van der Waals surface area contributed by atoms with Crippen LogP contribution in [-0.2, 0) is 29.6 Å². The number of aromatic nitrogens is 2. The Balaban J connectivity index is 1.23. The number of nitrogens with one attached hydrogen (secondary N) is 2. The van der Waals surface area contributed by atoms with E-state index in [1.165, 1.54) is 7.11 Å². The minimum atomic E-state index is -0.510. The van der Waals surface area contributed by atoms with Crippen LogP contribution in [-0.4, -0.2) is 71.1 Å². The van der Waals surface area contributed by atoms with Crippen LogP contribution < -0.4 is 24.8 Å². The van der Waals surface area contributed by atoms with Crippen molar-refractivity contribution in [2.75, 3.05) is 26.8 Å². The lowest BCUT2D eigenvalue weighted by molar-refractivity contribution is -0.125. The second kappa shape index (κ2) is 13.8. The molecule has 238 valence electrons. The molecule has 4 aromatic rings. The average Bonchev–Trinajstić information content (AvgIpc) is 3.47. The van der Waals surface area contributed by atoms with Gasteiger partial charge >= 0.3 is 0 Å². The topological polar surface area (TPSA) is 124 Å². The predicted octanol–water partition coefficient (Wildman–Crippen LogP) is 3.52. The molecule has 5 aliphatic rings. The Bertz CT molecular complexity index is 1700. The minimum absolute atomic E-state index is 0.0581. The van der Waals surface area contributed by atoms with Gasteiger partial charge in [0.1, 0.15) is 23.4 Å². The first-order chi connectivity index (χ1) is 22.4. The number of piperidine rings is 1. The second-order valence-electron chi connectivity index (χ2n) is 11.5. The molecular formula is C35H37N5O6. The van der Waals surface area contributed by atoms with Crippen LogP contribution in [0.4, 0.5) is 0 Å². The van der Waals surface area contributed by atoms with Crippen LogP contribution in [0.1, 0.15) is 34.5 Å². The number of imidazole rings is 1. The fourth-order valence-corrected chi connectivity index (χ4v) is 5.81. The van der Waals surface area contributed by atoms with Crippen LogP contribution in [0.15, 0.2) is 79.0 Å². The Morgan fingerprint density at radius 2 is 1.76 bits per heavy atom. The van der Waals surface area contributed by atoms with E-state index in [9.17, 15) is 14.4 Å². The van der Waals surface area contributed by atoms with Gasteiger partial charge in [-0.05, 0) is 41.8 Å². The van der Waals surface area contributed by atoms with Gasteiger partial charge in [0, 0.05) is 45.1 Å². The molecule has 11 heteroatoms. The molecule has 6 heterocycles. The summed E-state index contributed by atoms with van der Waals surface area (Å²) in [6.45, 7) is 0.815. The second-order valence-corrected chi connectivity index (χ2v) is 11.5. The highest BCUT2D eigenvalue weighted by molar-refractivity contribution is 5.93. The Kier molecular flexibility index (Phi) is 9.18. The van der Waals surface area contributed by atoms with Gasteiger partial charge in [0.2, 0.25) is 5.91 Å². The summed E-state index contributed by atoms with van der Waals surface area (Å²) in [5.74, 6) is 1.63. The average molecular weight is 624 g/mol. The number of benzene rings is 3. The fourth-order valence-electron chi connectivity index (χ4n) is 5.81. The van der Waals surface area contributed by atoms with E-state index in [0.29, 0.717) is 61.1 Å². The highest BCUT2D eigenvalue weighted by atomic mass is 16.5. The van der Waals surface area contributed by atoms with Crippen LogP contribution in [0.5, 0.6) is 17.2 Å². The molecule has 11 nitrogen and oxygen atoms in total. The SMILES string of the molecule is COc1cc2ccc1OCC(=O)N[C@@H]1CN(C(=O)c3cnc(-c4ccccc4)n3C)CC[C@H]1Oc1ccc(cc1)CNC(=O)CC2. The largest absolute Gasteiger partial charge is 0.493 e. The summed E-state index contributed by atoms with van der Waals surface area (Å²) in [5, 5.41) is 6.02. The number of methoxy groups -OCH3 is 1. The predicted molar refractivity (Wildman–Crippen MR) is 171 cm³/mol. The number of hydrogen-bond donors (Lipinski definition) is 2. The zero-order valence-corrected chi connectivity index (χ0v) is 25.9. The number of likely N-dealkylation sites (tertiary alicyclic amines) is 1. The number of nitrogens with zero attached hydrogens (tertiary/aromatic N) is 3. The number of aryl methyl sites for hydroxylation is 1. The van der Waals surface area contributed by atoms with Crippen LogP contribution in [0, 0.1) is 0 Å². The molecule has 3 amide bonds. The third-order valence-corrected chi connectivity index (χ3v) is 8.35. The quantitative estimate of drug-likeness (QED) is 0.358. The van der Waals surface area contributed by atoms with Gasteiger partial charge in [0.25, 0.3) is 11.8 Å². The lowest BCUT2D eigenvalue weighted by atomic mass is 10.0. The Labute approximate surface area is 267 Å². The molecule has 46 heavy (non-hydrogen) atoms. The highest BCUT2D eigenvalue weighted by Gasteiger charge is 2.35. The molecule has 2 atom stereocenters. The number of ether oxygens (including phenoxy) is 3. The number of carbonyl (C=O) groups excluding carboxylic acids is 3. The standard InChI is InChI=1S/C35H37N5O6/c1-39-28(20-37-34(39)25-6-4-3-5-7-25)35(43)40-17-16-29-27(21-40)38-33(42)22-45-30-14-10-23(18-31(30)44-2)11-15-32(41)36-19-24-8-12-26(46-29)13-9-24/h3-10,12-14,18,20,27,29H,11,15-17,19,21-22H2,1-2H3,(H,36,41)(H,38,42)/t27-,29-/m1/s1. The Morgan fingerprint density at radius 1 is 0.978 bits per heavy atom. The summed E-state index contributed by atoms with van der Waals surface area (Å²) in [6, 6.07) is 22.1. The molecule has 1 saturated heterocycles. The first kappa shape index (κ1) is 30.7. The molecule has 4 bridgehead atoms. The maximum atomic E-state index is 13.8. The zero-order chi connectivity index (χ0) is 32.0. The summed E-state index contributed by atoms with van der Waals surface area (Å²) in [7, 11) is 3.36. The third-order valence-electron chi connectivity index (χ3n) is 8.35. The maximum absolute atomic E-state index is 13.8. The van der Waals surface area contributed by atoms with Crippen molar-refractivity contribution in [1.82, 2.24) is 25.1 Å². The Morgan fingerprint density at radius 3 is 2.54 bits per heavy atom. The van der Waals surface area contributed by atoms with Gasteiger partial charge in [-0.2, -0.15) is 0 Å².